The first-order valence-electron chi connectivity index (χ1n) is 11.0. The Morgan fingerprint density at radius 3 is 1.21 bits per heavy atom. The Kier molecular flexibility index (Phi) is 6.88. The molecule has 160 valence electrons. The Hall–Kier alpha value is -1.92. The molecule has 0 saturated heterocycles. The van der Waals surface area contributed by atoms with Crippen LogP contribution in [0.3, 0.4) is 0 Å². The summed E-state index contributed by atoms with van der Waals surface area (Å²) in [4.78, 5) is 0. The molecule has 0 atom stereocenters. The number of benzene rings is 4. The van der Waals surface area contributed by atoms with E-state index in [1.165, 1.54) is 43.1 Å². The maximum absolute atomic E-state index is 2.46. The number of hydrogen-bond donors (Lipinski definition) is 0. The quantitative estimate of drug-likeness (QED) is 0.255. The van der Waals surface area contributed by atoms with E-state index in [0.717, 1.165) is 25.7 Å². The van der Waals surface area contributed by atoms with E-state index in [0.29, 0.717) is 0 Å². The van der Waals surface area contributed by atoms with Gasteiger partial charge in [0, 0.05) is 0 Å². The molecule has 0 bridgehead atoms. The number of hydrogen-bond acceptors (Lipinski definition) is 0. The second-order valence-electron chi connectivity index (χ2n) is 8.87. The van der Waals surface area contributed by atoms with Crippen molar-refractivity contribution < 1.29 is 51.0 Å². The second kappa shape index (κ2) is 9.38. The summed E-state index contributed by atoms with van der Waals surface area (Å²) < 4.78 is 0. The summed E-state index contributed by atoms with van der Waals surface area (Å²) in [5.41, 5.74) is 6.27. The third-order valence-electron chi connectivity index (χ3n) is 7.21. The van der Waals surface area contributed by atoms with Gasteiger partial charge in [0.05, 0.1) is 0 Å². The predicted octanol–water partition coefficient (Wildman–Crippen LogP) is 1.63. The van der Waals surface area contributed by atoms with Gasteiger partial charge in [-0.1, -0.05) is 84.3 Å². The van der Waals surface area contributed by atoms with Crippen LogP contribution in [0.5, 0.6) is 0 Å². The summed E-state index contributed by atoms with van der Waals surface area (Å²) in [5, 5.41) is 11.2. The predicted molar refractivity (Wildman–Crippen MR) is 129 cm³/mol. The summed E-state index contributed by atoms with van der Waals surface area (Å²) in [7, 11) is 0. The van der Waals surface area contributed by atoms with Gasteiger partial charge in [-0.15, -0.1) is 55.9 Å². The Labute approximate surface area is 225 Å². The molecule has 6 aromatic carbocycles. The van der Waals surface area contributed by atoms with Crippen LogP contribution in [0.15, 0.2) is 84.9 Å². The SMILES string of the molecule is [Cl-].[Cl-].[Zr+4].c1ccc2cc3c(cc4[c-]3CC[c-]3c(cc5cc6ccccc6cc53)CC4)cc2c1. The van der Waals surface area contributed by atoms with E-state index >= 15 is 0 Å². The first kappa shape index (κ1) is 24.2. The molecule has 3 heteroatoms. The van der Waals surface area contributed by atoms with Gasteiger partial charge in [0.15, 0.2) is 0 Å². The van der Waals surface area contributed by atoms with Crippen LogP contribution in [0.4, 0.5) is 0 Å². The van der Waals surface area contributed by atoms with Crippen LogP contribution < -0.4 is 24.8 Å². The first-order valence-corrected chi connectivity index (χ1v) is 11.0. The molecule has 0 aromatic heterocycles. The van der Waals surface area contributed by atoms with E-state index in [4.69, 9.17) is 0 Å². The minimum atomic E-state index is 0. The van der Waals surface area contributed by atoms with Crippen molar-refractivity contribution in [1.29, 1.82) is 0 Å². The van der Waals surface area contributed by atoms with Gasteiger partial charge in [-0.05, 0) is 23.6 Å². The van der Waals surface area contributed by atoms with Crippen LogP contribution in [0, 0.1) is 0 Å². The average molecular weight is 545 g/mol. The molecule has 0 fully saturated rings. The molecule has 0 nitrogen and oxygen atoms in total. The van der Waals surface area contributed by atoms with Crippen molar-refractivity contribution in [3.63, 3.8) is 0 Å². The Morgan fingerprint density at radius 1 is 0.455 bits per heavy atom. The first-order chi connectivity index (χ1) is 14.8. The molecule has 1 aliphatic rings. The van der Waals surface area contributed by atoms with Crippen molar-refractivity contribution >= 4 is 43.1 Å². The fourth-order valence-corrected chi connectivity index (χ4v) is 5.73. The van der Waals surface area contributed by atoms with Gasteiger partial charge in [0.25, 0.3) is 0 Å². The molecule has 0 amide bonds. The Bertz CT molecular complexity index is 1480. The summed E-state index contributed by atoms with van der Waals surface area (Å²) >= 11 is 0. The minimum Gasteiger partial charge on any atom is -1.00 e. The van der Waals surface area contributed by atoms with Crippen molar-refractivity contribution in [3.8, 4) is 0 Å². The molecule has 7 rings (SSSR count). The van der Waals surface area contributed by atoms with Gasteiger partial charge >= 0.3 is 26.2 Å². The summed E-state index contributed by atoms with van der Waals surface area (Å²) in [6.07, 6.45) is 4.55. The molecule has 0 heterocycles. The molecular formula is C30H22Cl2Zr. The van der Waals surface area contributed by atoms with Crippen molar-refractivity contribution in [2.45, 2.75) is 25.7 Å². The molecule has 33 heavy (non-hydrogen) atoms. The van der Waals surface area contributed by atoms with E-state index in [1.807, 2.05) is 0 Å². The minimum absolute atomic E-state index is 0. The summed E-state index contributed by atoms with van der Waals surface area (Å²) in [5.74, 6) is 0. The van der Waals surface area contributed by atoms with Crippen LogP contribution >= 0.6 is 0 Å². The number of rotatable bonds is 0. The monoisotopic (exact) mass is 542 g/mol. The zero-order valence-corrected chi connectivity index (χ0v) is 22.1. The van der Waals surface area contributed by atoms with E-state index in [-0.39, 0.29) is 51.0 Å². The molecule has 0 unspecified atom stereocenters. The molecule has 0 N–H and O–H groups in total. The molecule has 0 radical (unpaired) electrons. The molecule has 1 aliphatic carbocycles. The van der Waals surface area contributed by atoms with Gasteiger partial charge < -0.3 is 24.8 Å². The maximum Gasteiger partial charge on any atom is 4.00 e. The van der Waals surface area contributed by atoms with E-state index in [1.54, 1.807) is 22.3 Å². The number of aryl methyl sites for hydroxylation is 4. The standard InChI is InChI=1S/C30H22.2ClH.Zr/c1-3-7-21-17-29-25(13-19(21)5-1)15-23-9-10-24-16-26-14-20-6-2-4-8-22(20)18-30(26)28(24)12-11-27(23)29;;;/h1-8,13-18H,9-12H2;2*1H;/q-2;;;+4/p-2. The zero-order chi connectivity index (χ0) is 19.7. The van der Waals surface area contributed by atoms with Crippen LogP contribution in [-0.4, -0.2) is 0 Å². The van der Waals surface area contributed by atoms with Gasteiger partial charge in [-0.3, -0.25) is 0 Å². The van der Waals surface area contributed by atoms with E-state index in [9.17, 15) is 0 Å². The van der Waals surface area contributed by atoms with Crippen LogP contribution in [0.25, 0.3) is 43.1 Å². The van der Waals surface area contributed by atoms with Crippen LogP contribution in [0.1, 0.15) is 22.3 Å². The Balaban J connectivity index is 0.000000864. The van der Waals surface area contributed by atoms with Crippen LogP contribution in [0.2, 0.25) is 0 Å². The smallest absolute Gasteiger partial charge is 1.00 e. The fourth-order valence-electron chi connectivity index (χ4n) is 5.73. The van der Waals surface area contributed by atoms with Crippen molar-refractivity contribution in [3.05, 3.63) is 107 Å². The topological polar surface area (TPSA) is 0 Å². The molecule has 6 aromatic rings. The third kappa shape index (κ3) is 3.89. The van der Waals surface area contributed by atoms with E-state index < -0.39 is 0 Å². The second-order valence-corrected chi connectivity index (χ2v) is 8.87. The largest absolute Gasteiger partial charge is 4.00 e. The molecular weight excluding hydrogens is 522 g/mol. The number of halogens is 2. The fraction of sp³-hybridized carbons (Fsp3) is 0.133. The van der Waals surface area contributed by atoms with Gasteiger partial charge in [0.1, 0.15) is 0 Å². The molecule has 0 aliphatic heterocycles. The number of fused-ring (bicyclic) bond motifs is 8. The van der Waals surface area contributed by atoms with Crippen molar-refractivity contribution in [2.75, 3.05) is 0 Å². The Morgan fingerprint density at radius 2 is 0.818 bits per heavy atom. The normalized spacial score (nSPS) is 12.8. The average Bonchev–Trinajstić information content (AvgIpc) is 3.27. The van der Waals surface area contributed by atoms with E-state index in [2.05, 4.69) is 84.9 Å². The summed E-state index contributed by atoms with van der Waals surface area (Å²) in [6, 6.07) is 32.0. The molecule has 0 spiro atoms. The summed E-state index contributed by atoms with van der Waals surface area (Å²) in [6.45, 7) is 0. The maximum atomic E-state index is 2.46. The van der Waals surface area contributed by atoms with Crippen molar-refractivity contribution in [1.82, 2.24) is 0 Å². The van der Waals surface area contributed by atoms with Gasteiger partial charge in [-0.2, -0.15) is 12.1 Å². The zero-order valence-electron chi connectivity index (χ0n) is 18.2. The third-order valence-corrected chi connectivity index (χ3v) is 7.21. The molecule has 0 saturated carbocycles. The van der Waals surface area contributed by atoms with Crippen molar-refractivity contribution in [2.24, 2.45) is 0 Å². The van der Waals surface area contributed by atoms with Gasteiger partial charge in [-0.25, -0.2) is 0 Å². The van der Waals surface area contributed by atoms with Crippen LogP contribution in [-0.2, 0) is 51.9 Å². The van der Waals surface area contributed by atoms with Gasteiger partial charge in [0.2, 0.25) is 0 Å².